The van der Waals surface area contributed by atoms with Crippen LogP contribution in [0.25, 0.3) is 0 Å². The van der Waals surface area contributed by atoms with Gasteiger partial charge in [-0.25, -0.2) is 18.4 Å². The van der Waals surface area contributed by atoms with Crippen LogP contribution in [0.4, 0.5) is 5.69 Å². The molecule has 10 heteroatoms. The fraction of sp³-hybridized carbons (Fsp3) is 0.267. The van der Waals surface area contributed by atoms with Crippen LogP contribution in [-0.4, -0.2) is 31.6 Å². The minimum absolute atomic E-state index is 0.148. The first kappa shape index (κ1) is 18.6. The minimum Gasteiger partial charge on any atom is -0.449 e. The summed E-state index contributed by atoms with van der Waals surface area (Å²) in [7, 11) is -3.89. The Kier molecular flexibility index (Phi) is 5.24. The van der Waals surface area contributed by atoms with Crippen molar-refractivity contribution in [2.45, 2.75) is 31.8 Å². The Labute approximate surface area is 144 Å². The molecule has 1 heterocycles. The number of hydrogen-bond donors (Lipinski definition) is 2. The Morgan fingerprint density at radius 3 is 2.56 bits per heavy atom. The standard InChI is InChI=1S/C15H17N3O6S/c1-8-13(9(2)24-18-8)15(20)23-10(3)14(19)17-11-5-4-6-12(7-11)25(16,21)22/h4-7,10H,1-3H3,(H,17,19)(H2,16,21,22)/t10-/m1/s1. The summed E-state index contributed by atoms with van der Waals surface area (Å²) >= 11 is 0. The largest absolute Gasteiger partial charge is 0.449 e. The van der Waals surface area contributed by atoms with Crippen LogP contribution in [0.1, 0.15) is 28.7 Å². The van der Waals surface area contributed by atoms with Gasteiger partial charge in [-0.3, -0.25) is 4.79 Å². The van der Waals surface area contributed by atoms with Crippen molar-refractivity contribution in [3.63, 3.8) is 0 Å². The second-order valence-electron chi connectivity index (χ2n) is 5.31. The van der Waals surface area contributed by atoms with Gasteiger partial charge in [0.25, 0.3) is 5.91 Å². The Morgan fingerprint density at radius 2 is 2.00 bits per heavy atom. The Balaban J connectivity index is 2.07. The predicted octanol–water partition coefficient (Wildman–Crippen LogP) is 1.12. The average molecular weight is 367 g/mol. The number of sulfonamides is 1. The number of nitrogens with zero attached hydrogens (tertiary/aromatic N) is 1. The quantitative estimate of drug-likeness (QED) is 0.754. The third kappa shape index (κ3) is 4.43. The minimum atomic E-state index is -3.89. The number of nitrogens with two attached hydrogens (primary N) is 1. The van der Waals surface area contributed by atoms with Crippen LogP contribution in [0.5, 0.6) is 0 Å². The highest BCUT2D eigenvalue weighted by atomic mass is 32.2. The number of aryl methyl sites for hydroxylation is 2. The van der Waals surface area contributed by atoms with Crippen LogP contribution in [0.3, 0.4) is 0 Å². The van der Waals surface area contributed by atoms with E-state index in [0.29, 0.717) is 5.69 Å². The van der Waals surface area contributed by atoms with E-state index in [4.69, 9.17) is 14.4 Å². The zero-order valence-electron chi connectivity index (χ0n) is 13.8. The number of nitrogens with one attached hydrogen (secondary N) is 1. The number of ether oxygens (including phenoxy) is 1. The lowest BCUT2D eigenvalue weighted by Gasteiger charge is -2.13. The van der Waals surface area contributed by atoms with Crippen molar-refractivity contribution in [3.05, 3.63) is 41.3 Å². The van der Waals surface area contributed by atoms with E-state index in [-0.39, 0.29) is 21.9 Å². The van der Waals surface area contributed by atoms with Gasteiger partial charge in [0.15, 0.2) is 6.10 Å². The summed E-state index contributed by atoms with van der Waals surface area (Å²) in [5.41, 5.74) is 0.726. The van der Waals surface area contributed by atoms with Crippen LogP contribution >= 0.6 is 0 Å². The van der Waals surface area contributed by atoms with E-state index in [1.54, 1.807) is 13.8 Å². The molecule has 0 saturated heterocycles. The van der Waals surface area contributed by atoms with Gasteiger partial charge in [0, 0.05) is 5.69 Å². The van der Waals surface area contributed by atoms with E-state index >= 15 is 0 Å². The van der Waals surface area contributed by atoms with Gasteiger partial charge in [0.1, 0.15) is 11.3 Å². The summed E-state index contributed by atoms with van der Waals surface area (Å²) in [5, 5.41) is 11.1. The molecule has 2 aromatic rings. The third-order valence-electron chi connectivity index (χ3n) is 3.32. The van der Waals surface area contributed by atoms with Gasteiger partial charge in [-0.05, 0) is 39.0 Å². The molecule has 1 amide bonds. The number of hydrogen-bond acceptors (Lipinski definition) is 7. The first-order valence-corrected chi connectivity index (χ1v) is 8.72. The molecule has 1 aromatic heterocycles. The van der Waals surface area contributed by atoms with Gasteiger partial charge in [-0.15, -0.1) is 0 Å². The maximum atomic E-state index is 12.1. The van der Waals surface area contributed by atoms with Crippen molar-refractivity contribution >= 4 is 27.6 Å². The highest BCUT2D eigenvalue weighted by molar-refractivity contribution is 7.89. The molecule has 2 rings (SSSR count). The van der Waals surface area contributed by atoms with E-state index in [1.807, 2.05) is 0 Å². The number of benzene rings is 1. The van der Waals surface area contributed by atoms with Crippen molar-refractivity contribution in [1.82, 2.24) is 5.16 Å². The van der Waals surface area contributed by atoms with E-state index in [1.165, 1.54) is 31.2 Å². The Hall–Kier alpha value is -2.72. The number of carbonyl (C=O) groups is 2. The van der Waals surface area contributed by atoms with Crippen LogP contribution in [0, 0.1) is 13.8 Å². The molecule has 1 atom stereocenters. The summed E-state index contributed by atoms with van der Waals surface area (Å²) in [6, 6.07) is 5.41. The Bertz CT molecular complexity index is 900. The smallest absolute Gasteiger partial charge is 0.344 e. The lowest BCUT2D eigenvalue weighted by Crippen LogP contribution is -2.30. The lowest BCUT2D eigenvalue weighted by molar-refractivity contribution is -0.123. The van der Waals surface area contributed by atoms with E-state index in [2.05, 4.69) is 10.5 Å². The van der Waals surface area contributed by atoms with E-state index < -0.39 is 28.0 Å². The lowest BCUT2D eigenvalue weighted by atomic mass is 10.2. The number of primary sulfonamides is 1. The molecule has 0 aliphatic heterocycles. The SMILES string of the molecule is Cc1noc(C)c1C(=O)O[C@H](C)C(=O)Nc1cccc(S(N)(=O)=O)c1. The van der Waals surface area contributed by atoms with Gasteiger partial charge >= 0.3 is 5.97 Å². The summed E-state index contributed by atoms with van der Waals surface area (Å²) in [6.45, 7) is 4.52. The summed E-state index contributed by atoms with van der Waals surface area (Å²) in [5.74, 6) is -1.08. The molecule has 0 fully saturated rings. The molecule has 0 radical (unpaired) electrons. The fourth-order valence-corrected chi connectivity index (χ4v) is 2.60. The fourth-order valence-electron chi connectivity index (χ4n) is 2.04. The maximum Gasteiger partial charge on any atom is 0.344 e. The van der Waals surface area contributed by atoms with Crippen molar-refractivity contribution in [3.8, 4) is 0 Å². The third-order valence-corrected chi connectivity index (χ3v) is 4.23. The molecule has 1 aromatic carbocycles. The molecule has 0 unspecified atom stereocenters. The first-order valence-electron chi connectivity index (χ1n) is 7.17. The van der Waals surface area contributed by atoms with Gasteiger partial charge in [-0.2, -0.15) is 0 Å². The highest BCUT2D eigenvalue weighted by Crippen LogP contribution is 2.17. The molecule has 9 nitrogen and oxygen atoms in total. The zero-order valence-corrected chi connectivity index (χ0v) is 14.6. The van der Waals surface area contributed by atoms with Crippen LogP contribution in [-0.2, 0) is 19.6 Å². The highest BCUT2D eigenvalue weighted by Gasteiger charge is 2.24. The first-order chi connectivity index (χ1) is 11.6. The van der Waals surface area contributed by atoms with Crippen molar-refractivity contribution < 1.29 is 27.3 Å². The van der Waals surface area contributed by atoms with Gasteiger partial charge in [0.2, 0.25) is 10.0 Å². The van der Waals surface area contributed by atoms with Crippen molar-refractivity contribution in [2.75, 3.05) is 5.32 Å². The van der Waals surface area contributed by atoms with Gasteiger partial charge in [0.05, 0.1) is 10.6 Å². The normalized spacial score (nSPS) is 12.5. The molecular weight excluding hydrogens is 350 g/mol. The molecule has 25 heavy (non-hydrogen) atoms. The summed E-state index contributed by atoms with van der Waals surface area (Å²) < 4.78 is 32.6. The van der Waals surface area contributed by atoms with Crippen LogP contribution < -0.4 is 10.5 Å². The number of esters is 1. The number of aromatic nitrogens is 1. The molecule has 0 saturated carbocycles. The van der Waals surface area contributed by atoms with Crippen LogP contribution in [0.15, 0.2) is 33.7 Å². The monoisotopic (exact) mass is 367 g/mol. The maximum absolute atomic E-state index is 12.1. The molecule has 134 valence electrons. The summed E-state index contributed by atoms with van der Waals surface area (Å²) in [6.07, 6.45) is -1.13. The number of rotatable bonds is 5. The van der Waals surface area contributed by atoms with Gasteiger partial charge in [-0.1, -0.05) is 11.2 Å². The molecule has 0 aliphatic carbocycles. The number of amides is 1. The second kappa shape index (κ2) is 7.03. The number of anilines is 1. The molecular formula is C15H17N3O6S. The predicted molar refractivity (Wildman–Crippen MR) is 87.3 cm³/mol. The second-order valence-corrected chi connectivity index (χ2v) is 6.87. The molecule has 3 N–H and O–H groups in total. The van der Waals surface area contributed by atoms with E-state index in [9.17, 15) is 18.0 Å². The molecule has 0 spiro atoms. The Morgan fingerprint density at radius 1 is 1.32 bits per heavy atom. The van der Waals surface area contributed by atoms with Gasteiger partial charge < -0.3 is 14.6 Å². The van der Waals surface area contributed by atoms with E-state index in [0.717, 1.165) is 0 Å². The average Bonchev–Trinajstić information content (AvgIpc) is 2.85. The van der Waals surface area contributed by atoms with Crippen LogP contribution in [0.2, 0.25) is 0 Å². The van der Waals surface area contributed by atoms with Crippen molar-refractivity contribution in [2.24, 2.45) is 5.14 Å². The molecule has 0 bridgehead atoms. The zero-order chi connectivity index (χ0) is 18.8. The number of carbonyl (C=O) groups excluding carboxylic acids is 2. The topological polar surface area (TPSA) is 142 Å². The van der Waals surface area contributed by atoms with Crippen molar-refractivity contribution in [1.29, 1.82) is 0 Å². The molecule has 0 aliphatic rings. The summed E-state index contributed by atoms with van der Waals surface area (Å²) in [4.78, 5) is 24.1.